The molecule has 0 saturated carbocycles. The quantitative estimate of drug-likeness (QED) is 0.790. The first kappa shape index (κ1) is 19.4. The number of halogens is 1. The lowest BCUT2D eigenvalue weighted by Gasteiger charge is -2.37. The first-order valence-electron chi connectivity index (χ1n) is 9.40. The lowest BCUT2D eigenvalue weighted by Crippen LogP contribution is -2.50. The smallest absolute Gasteiger partial charge is 0.292 e. The number of benzene rings is 1. The lowest BCUT2D eigenvalue weighted by molar-refractivity contribution is -0.135. The molecule has 1 aliphatic rings. The number of anilines is 1. The zero-order valence-electron chi connectivity index (χ0n) is 15.8. The Morgan fingerprint density at radius 1 is 1.19 bits per heavy atom. The first-order chi connectivity index (χ1) is 13.0. The van der Waals surface area contributed by atoms with Crippen LogP contribution >= 0.6 is 11.6 Å². The second kappa shape index (κ2) is 8.57. The van der Waals surface area contributed by atoms with Crippen LogP contribution in [0.25, 0.3) is 5.69 Å². The number of carbonyl (C=O) groups is 1. The number of aromatic nitrogens is 2. The maximum absolute atomic E-state index is 12.6. The van der Waals surface area contributed by atoms with Gasteiger partial charge in [-0.3, -0.25) is 9.59 Å². The van der Waals surface area contributed by atoms with E-state index in [4.69, 9.17) is 11.6 Å². The van der Waals surface area contributed by atoms with Crippen molar-refractivity contribution >= 4 is 23.2 Å². The van der Waals surface area contributed by atoms with E-state index in [1.807, 2.05) is 47.1 Å². The minimum Gasteiger partial charge on any atom is -0.365 e. The van der Waals surface area contributed by atoms with Gasteiger partial charge >= 0.3 is 0 Å². The Morgan fingerprint density at radius 3 is 2.48 bits per heavy atom. The molecule has 1 aliphatic heterocycles. The highest BCUT2D eigenvalue weighted by molar-refractivity contribution is 6.33. The maximum Gasteiger partial charge on any atom is 0.292 e. The third-order valence-corrected chi connectivity index (χ3v) is 5.33. The molecule has 1 atom stereocenters. The third-order valence-electron chi connectivity index (χ3n) is 4.98. The van der Waals surface area contributed by atoms with Crippen LogP contribution < -0.4 is 10.5 Å². The Labute approximate surface area is 164 Å². The van der Waals surface area contributed by atoms with E-state index in [0.29, 0.717) is 37.6 Å². The molecule has 0 radical (unpaired) electrons. The van der Waals surface area contributed by atoms with Gasteiger partial charge in [0.05, 0.1) is 17.6 Å². The van der Waals surface area contributed by atoms with Crippen LogP contribution in [0.4, 0.5) is 5.69 Å². The molecule has 1 unspecified atom stereocenters. The van der Waals surface area contributed by atoms with Crippen LogP contribution in [0.2, 0.25) is 5.02 Å². The molecular weight excluding hydrogens is 364 g/mol. The Morgan fingerprint density at radius 2 is 1.85 bits per heavy atom. The van der Waals surface area contributed by atoms with Crippen LogP contribution in [0, 0.1) is 5.92 Å². The summed E-state index contributed by atoms with van der Waals surface area (Å²) in [4.78, 5) is 29.0. The van der Waals surface area contributed by atoms with Gasteiger partial charge in [0, 0.05) is 32.1 Å². The van der Waals surface area contributed by atoms with Crippen molar-refractivity contribution in [3.05, 3.63) is 51.9 Å². The van der Waals surface area contributed by atoms with Crippen LogP contribution in [0.5, 0.6) is 0 Å². The van der Waals surface area contributed by atoms with Crippen LogP contribution in [-0.2, 0) is 4.79 Å². The van der Waals surface area contributed by atoms with Crippen molar-refractivity contribution in [1.82, 2.24) is 14.7 Å². The Kier molecular flexibility index (Phi) is 6.16. The molecule has 6 nitrogen and oxygen atoms in total. The van der Waals surface area contributed by atoms with Gasteiger partial charge in [-0.05, 0) is 18.6 Å². The van der Waals surface area contributed by atoms with Gasteiger partial charge in [-0.2, -0.15) is 9.78 Å². The number of amides is 1. The van der Waals surface area contributed by atoms with Crippen LogP contribution in [0.1, 0.15) is 26.7 Å². The second-order valence-corrected chi connectivity index (χ2v) is 7.28. The van der Waals surface area contributed by atoms with Crippen molar-refractivity contribution in [1.29, 1.82) is 0 Å². The monoisotopic (exact) mass is 388 g/mol. The van der Waals surface area contributed by atoms with Gasteiger partial charge < -0.3 is 9.80 Å². The summed E-state index contributed by atoms with van der Waals surface area (Å²) in [5, 5.41) is 4.45. The van der Waals surface area contributed by atoms with Gasteiger partial charge in [0.15, 0.2) is 0 Å². The highest BCUT2D eigenvalue weighted by atomic mass is 35.5. The van der Waals surface area contributed by atoms with Crippen molar-refractivity contribution in [2.24, 2.45) is 5.92 Å². The van der Waals surface area contributed by atoms with Gasteiger partial charge in [0.2, 0.25) is 5.91 Å². The fraction of sp³-hybridized carbons (Fsp3) is 0.450. The molecule has 1 amide bonds. The molecule has 2 aromatic rings. The maximum atomic E-state index is 12.6. The molecule has 3 rings (SSSR count). The summed E-state index contributed by atoms with van der Waals surface area (Å²) in [5.74, 6) is 0.266. The molecule has 144 valence electrons. The van der Waals surface area contributed by atoms with Crippen molar-refractivity contribution in [2.75, 3.05) is 31.1 Å². The van der Waals surface area contributed by atoms with Crippen LogP contribution in [-0.4, -0.2) is 46.8 Å². The Balaban J connectivity index is 1.73. The number of hydrogen-bond donors (Lipinski definition) is 0. The predicted octanol–water partition coefficient (Wildman–Crippen LogP) is 2.97. The summed E-state index contributed by atoms with van der Waals surface area (Å²) >= 11 is 6.38. The number of rotatable bonds is 5. The number of para-hydroxylation sites is 1. The van der Waals surface area contributed by atoms with E-state index >= 15 is 0 Å². The van der Waals surface area contributed by atoms with E-state index in [9.17, 15) is 9.59 Å². The summed E-state index contributed by atoms with van der Waals surface area (Å²) in [6.07, 6.45) is 3.55. The average Bonchev–Trinajstić information content (AvgIpc) is 2.70. The van der Waals surface area contributed by atoms with E-state index < -0.39 is 0 Å². The minimum atomic E-state index is -0.338. The summed E-state index contributed by atoms with van der Waals surface area (Å²) in [5.41, 5.74) is 0.967. The first-order valence-corrected chi connectivity index (χ1v) is 9.77. The van der Waals surface area contributed by atoms with E-state index in [0.717, 1.165) is 12.8 Å². The fourth-order valence-electron chi connectivity index (χ4n) is 3.43. The molecule has 0 bridgehead atoms. The van der Waals surface area contributed by atoms with E-state index in [-0.39, 0.29) is 22.4 Å². The van der Waals surface area contributed by atoms with Crippen LogP contribution in [0.15, 0.2) is 41.3 Å². The standard InChI is InChI=1S/C20H25ClN4O2/c1-3-7-15(2)19(26)24-12-10-23(11-13-24)17-14-22-25(20(27)18(17)21)16-8-5-4-6-9-16/h4-6,8-9,14-15H,3,7,10-13H2,1-2H3. The molecule has 7 heteroatoms. The predicted molar refractivity (Wildman–Crippen MR) is 108 cm³/mol. The van der Waals surface area contributed by atoms with E-state index in [2.05, 4.69) is 12.0 Å². The molecule has 1 fully saturated rings. The molecule has 0 spiro atoms. The van der Waals surface area contributed by atoms with Crippen molar-refractivity contribution in [2.45, 2.75) is 26.7 Å². The molecule has 2 heterocycles. The lowest BCUT2D eigenvalue weighted by atomic mass is 10.0. The number of piperazine rings is 1. The van der Waals surface area contributed by atoms with Crippen molar-refractivity contribution < 1.29 is 4.79 Å². The Bertz CT molecular complexity index is 845. The molecule has 1 aromatic carbocycles. The summed E-state index contributed by atoms with van der Waals surface area (Å²) in [6, 6.07) is 9.20. The van der Waals surface area contributed by atoms with E-state index in [1.165, 1.54) is 4.68 Å². The third kappa shape index (κ3) is 4.16. The zero-order chi connectivity index (χ0) is 19.4. The van der Waals surface area contributed by atoms with Gasteiger partial charge in [0.25, 0.3) is 5.56 Å². The zero-order valence-corrected chi connectivity index (χ0v) is 16.5. The van der Waals surface area contributed by atoms with E-state index in [1.54, 1.807) is 6.20 Å². The number of carbonyl (C=O) groups excluding carboxylic acids is 1. The minimum absolute atomic E-state index is 0.0570. The molecule has 1 saturated heterocycles. The molecule has 1 aromatic heterocycles. The molecule has 0 aliphatic carbocycles. The summed E-state index contributed by atoms with van der Waals surface area (Å²) < 4.78 is 1.30. The van der Waals surface area contributed by atoms with Gasteiger partial charge in [-0.25, -0.2) is 0 Å². The van der Waals surface area contributed by atoms with Crippen molar-refractivity contribution in [3.63, 3.8) is 0 Å². The Hall–Kier alpha value is -2.34. The number of hydrogen-bond acceptors (Lipinski definition) is 4. The van der Waals surface area contributed by atoms with Gasteiger partial charge in [-0.1, -0.05) is 50.1 Å². The highest BCUT2D eigenvalue weighted by Gasteiger charge is 2.26. The SMILES string of the molecule is CCCC(C)C(=O)N1CCN(c2cnn(-c3ccccc3)c(=O)c2Cl)CC1. The van der Waals surface area contributed by atoms with Gasteiger partial charge in [0.1, 0.15) is 5.02 Å². The largest absolute Gasteiger partial charge is 0.365 e. The van der Waals surface area contributed by atoms with Crippen molar-refractivity contribution in [3.8, 4) is 5.69 Å². The summed E-state index contributed by atoms with van der Waals surface area (Å²) in [6.45, 7) is 6.62. The topological polar surface area (TPSA) is 58.4 Å². The fourth-order valence-corrected chi connectivity index (χ4v) is 3.68. The second-order valence-electron chi connectivity index (χ2n) is 6.90. The molecular formula is C20H25ClN4O2. The number of nitrogens with zero attached hydrogens (tertiary/aromatic N) is 4. The van der Waals surface area contributed by atoms with Gasteiger partial charge in [-0.15, -0.1) is 0 Å². The highest BCUT2D eigenvalue weighted by Crippen LogP contribution is 2.23. The summed E-state index contributed by atoms with van der Waals surface area (Å²) in [7, 11) is 0. The normalized spacial score (nSPS) is 15.7. The molecule has 27 heavy (non-hydrogen) atoms. The molecule has 0 N–H and O–H groups in total. The van der Waals surface area contributed by atoms with Crippen LogP contribution in [0.3, 0.4) is 0 Å². The average molecular weight is 389 g/mol.